The molecule has 0 aliphatic carbocycles. The Morgan fingerprint density at radius 2 is 1.86 bits per heavy atom. The fourth-order valence-electron chi connectivity index (χ4n) is 3.06. The summed E-state index contributed by atoms with van der Waals surface area (Å²) in [6.07, 6.45) is 2.39. The van der Waals surface area contributed by atoms with Crippen LogP contribution < -0.4 is 14.4 Å². The van der Waals surface area contributed by atoms with Gasteiger partial charge in [0.05, 0.1) is 19.1 Å². The van der Waals surface area contributed by atoms with Crippen molar-refractivity contribution in [3.63, 3.8) is 0 Å². The van der Waals surface area contributed by atoms with Crippen molar-refractivity contribution in [2.75, 3.05) is 24.2 Å². The van der Waals surface area contributed by atoms with Gasteiger partial charge in [-0.15, -0.1) is 0 Å². The molecule has 8 heteroatoms. The quantitative estimate of drug-likeness (QED) is 0.631. The molecule has 0 heterocycles. The van der Waals surface area contributed by atoms with Crippen molar-refractivity contribution in [2.24, 2.45) is 0 Å². The number of anilines is 1. The van der Waals surface area contributed by atoms with Gasteiger partial charge in [0.15, 0.2) is 0 Å². The van der Waals surface area contributed by atoms with E-state index < -0.39 is 22.0 Å². The van der Waals surface area contributed by atoms with Gasteiger partial charge in [-0.25, -0.2) is 12.8 Å². The molecule has 0 spiro atoms. The molecular formula is C21H27FN2O4S. The molecule has 158 valence electrons. The lowest BCUT2D eigenvalue weighted by molar-refractivity contribution is -0.121. The number of amides is 1. The molecule has 2 rings (SSSR count). The van der Waals surface area contributed by atoms with Crippen LogP contribution in [0.15, 0.2) is 42.5 Å². The number of benzene rings is 2. The number of carbonyl (C=O) groups is 1. The zero-order valence-electron chi connectivity index (χ0n) is 17.1. The first-order valence-electron chi connectivity index (χ1n) is 9.29. The SMILES string of the molecule is COc1ccc(C)cc1N([C@H](C)C(=O)NCCCc1ccc(F)cc1)S(C)(=O)=O. The van der Waals surface area contributed by atoms with Gasteiger partial charge in [-0.3, -0.25) is 9.10 Å². The minimum Gasteiger partial charge on any atom is -0.495 e. The molecule has 1 N–H and O–H groups in total. The van der Waals surface area contributed by atoms with Crippen LogP contribution in [0.2, 0.25) is 0 Å². The van der Waals surface area contributed by atoms with Gasteiger partial charge in [-0.1, -0.05) is 18.2 Å². The fraction of sp³-hybridized carbons (Fsp3) is 0.381. The molecule has 1 atom stereocenters. The van der Waals surface area contributed by atoms with Crippen LogP contribution in [-0.2, 0) is 21.2 Å². The predicted molar refractivity (Wildman–Crippen MR) is 112 cm³/mol. The maximum Gasteiger partial charge on any atom is 0.243 e. The number of nitrogens with one attached hydrogen (secondary N) is 1. The summed E-state index contributed by atoms with van der Waals surface area (Å²) in [5, 5.41) is 2.78. The number of hydrogen-bond acceptors (Lipinski definition) is 4. The highest BCUT2D eigenvalue weighted by atomic mass is 32.2. The number of ether oxygens (including phenoxy) is 1. The second kappa shape index (κ2) is 9.73. The van der Waals surface area contributed by atoms with E-state index in [1.54, 1.807) is 24.3 Å². The molecule has 6 nitrogen and oxygen atoms in total. The minimum absolute atomic E-state index is 0.289. The van der Waals surface area contributed by atoms with Gasteiger partial charge < -0.3 is 10.1 Å². The van der Waals surface area contributed by atoms with Gasteiger partial charge in [0.25, 0.3) is 0 Å². The number of rotatable bonds is 9. The molecule has 0 saturated heterocycles. The van der Waals surface area contributed by atoms with Gasteiger partial charge in [-0.05, 0) is 62.1 Å². The zero-order valence-corrected chi connectivity index (χ0v) is 17.9. The van der Waals surface area contributed by atoms with Crippen molar-refractivity contribution in [3.8, 4) is 5.75 Å². The summed E-state index contributed by atoms with van der Waals surface area (Å²) >= 11 is 0. The van der Waals surface area contributed by atoms with Gasteiger partial charge in [0, 0.05) is 6.54 Å². The van der Waals surface area contributed by atoms with Gasteiger partial charge in [0.2, 0.25) is 15.9 Å². The van der Waals surface area contributed by atoms with Crippen molar-refractivity contribution in [2.45, 2.75) is 32.7 Å². The first-order valence-corrected chi connectivity index (χ1v) is 11.1. The summed E-state index contributed by atoms with van der Waals surface area (Å²) in [7, 11) is -2.28. The highest BCUT2D eigenvalue weighted by Gasteiger charge is 2.31. The van der Waals surface area contributed by atoms with Gasteiger partial charge >= 0.3 is 0 Å². The minimum atomic E-state index is -3.73. The first kappa shape index (κ1) is 22.7. The number of nitrogens with zero attached hydrogens (tertiary/aromatic N) is 1. The van der Waals surface area contributed by atoms with E-state index in [1.807, 2.05) is 13.0 Å². The Kier molecular flexibility index (Phi) is 7.61. The molecule has 0 aliphatic heterocycles. The maximum absolute atomic E-state index is 12.9. The summed E-state index contributed by atoms with van der Waals surface area (Å²) in [5.41, 5.74) is 2.14. The van der Waals surface area contributed by atoms with Crippen molar-refractivity contribution in [1.82, 2.24) is 5.32 Å². The molecule has 2 aromatic rings. The molecule has 0 fully saturated rings. The van der Waals surface area contributed by atoms with E-state index in [2.05, 4.69) is 5.32 Å². The van der Waals surface area contributed by atoms with Crippen LogP contribution >= 0.6 is 0 Å². The lowest BCUT2D eigenvalue weighted by Gasteiger charge is -2.29. The Bertz CT molecular complexity index is 946. The molecule has 0 radical (unpaired) electrons. The third-order valence-corrected chi connectivity index (χ3v) is 5.74. The number of aryl methyl sites for hydroxylation is 2. The standard InChI is InChI=1S/C21H27FN2O4S/c1-15-7-12-20(28-3)19(14-15)24(29(4,26)27)16(2)21(25)23-13-5-6-17-8-10-18(22)11-9-17/h7-12,14,16H,5-6,13H2,1-4H3,(H,23,25)/t16-/m1/s1. The predicted octanol–water partition coefficient (Wildman–Crippen LogP) is 3.05. The normalized spacial score (nSPS) is 12.3. The zero-order chi connectivity index (χ0) is 21.6. The summed E-state index contributed by atoms with van der Waals surface area (Å²) in [6.45, 7) is 3.75. The van der Waals surface area contributed by atoms with Crippen LogP contribution in [0.1, 0.15) is 24.5 Å². The first-order chi connectivity index (χ1) is 13.6. The largest absolute Gasteiger partial charge is 0.495 e. The van der Waals surface area contributed by atoms with Crippen LogP contribution in [0.4, 0.5) is 10.1 Å². The second-order valence-corrected chi connectivity index (χ2v) is 8.79. The Labute approximate surface area is 171 Å². The molecule has 0 bridgehead atoms. The van der Waals surface area contributed by atoms with Crippen LogP contribution in [0, 0.1) is 12.7 Å². The number of methoxy groups -OCH3 is 1. The summed E-state index contributed by atoms with van der Waals surface area (Å²) in [4.78, 5) is 12.6. The van der Waals surface area contributed by atoms with Crippen molar-refractivity contribution < 1.29 is 22.3 Å². The van der Waals surface area contributed by atoms with Crippen LogP contribution in [0.25, 0.3) is 0 Å². The smallest absolute Gasteiger partial charge is 0.243 e. The van der Waals surface area contributed by atoms with E-state index in [0.29, 0.717) is 30.8 Å². The van der Waals surface area contributed by atoms with Crippen molar-refractivity contribution >= 4 is 21.6 Å². The molecule has 0 saturated carbocycles. The lowest BCUT2D eigenvalue weighted by atomic mass is 10.1. The van der Waals surface area contributed by atoms with E-state index >= 15 is 0 Å². The molecule has 2 aromatic carbocycles. The summed E-state index contributed by atoms with van der Waals surface area (Å²) < 4.78 is 44.2. The maximum atomic E-state index is 12.9. The molecular weight excluding hydrogens is 395 g/mol. The Morgan fingerprint density at radius 1 is 1.21 bits per heavy atom. The highest BCUT2D eigenvalue weighted by Crippen LogP contribution is 2.32. The van der Waals surface area contributed by atoms with Gasteiger partial charge in [-0.2, -0.15) is 0 Å². The third kappa shape index (κ3) is 6.19. The van der Waals surface area contributed by atoms with Crippen LogP contribution in [-0.4, -0.2) is 40.3 Å². The molecule has 29 heavy (non-hydrogen) atoms. The molecule has 0 unspecified atom stereocenters. The van der Waals surface area contributed by atoms with Crippen LogP contribution in [0.3, 0.4) is 0 Å². The average molecular weight is 423 g/mol. The second-order valence-electron chi connectivity index (χ2n) is 6.93. The highest BCUT2D eigenvalue weighted by molar-refractivity contribution is 7.92. The Balaban J connectivity index is 2.07. The Hall–Kier alpha value is -2.61. The van der Waals surface area contributed by atoms with Crippen LogP contribution in [0.5, 0.6) is 5.75 Å². The van der Waals surface area contributed by atoms with E-state index in [1.165, 1.54) is 26.2 Å². The average Bonchev–Trinajstić information content (AvgIpc) is 2.65. The number of halogens is 1. The molecule has 0 aliphatic rings. The number of sulfonamides is 1. The molecule has 0 aromatic heterocycles. The summed E-state index contributed by atoms with van der Waals surface area (Å²) in [6, 6.07) is 10.4. The fourth-order valence-corrected chi connectivity index (χ4v) is 4.23. The molecule has 1 amide bonds. The Morgan fingerprint density at radius 3 is 2.45 bits per heavy atom. The van der Waals surface area contributed by atoms with Crippen molar-refractivity contribution in [3.05, 3.63) is 59.4 Å². The third-order valence-electron chi connectivity index (χ3n) is 4.52. The van der Waals surface area contributed by atoms with E-state index in [-0.39, 0.29) is 5.82 Å². The monoisotopic (exact) mass is 422 g/mol. The lowest BCUT2D eigenvalue weighted by Crippen LogP contribution is -2.48. The van der Waals surface area contributed by atoms with E-state index in [0.717, 1.165) is 21.7 Å². The van der Waals surface area contributed by atoms with Crippen molar-refractivity contribution in [1.29, 1.82) is 0 Å². The van der Waals surface area contributed by atoms with Gasteiger partial charge in [0.1, 0.15) is 17.6 Å². The number of carbonyl (C=O) groups excluding carboxylic acids is 1. The van der Waals surface area contributed by atoms with E-state index in [4.69, 9.17) is 4.74 Å². The number of hydrogen-bond donors (Lipinski definition) is 1. The topological polar surface area (TPSA) is 75.7 Å². The van der Waals surface area contributed by atoms with E-state index in [9.17, 15) is 17.6 Å². The summed E-state index contributed by atoms with van der Waals surface area (Å²) in [5.74, 6) is -0.321.